The van der Waals surface area contributed by atoms with Crippen molar-refractivity contribution in [1.29, 1.82) is 0 Å². The Hall–Kier alpha value is -1.42. The molecule has 1 radical (unpaired) electrons. The number of hydrogen-bond acceptors (Lipinski definition) is 1. The molecule has 0 N–H and O–H groups in total. The summed E-state index contributed by atoms with van der Waals surface area (Å²) in [4.78, 5) is 0. The topological polar surface area (TPSA) is 9.23 Å². The second kappa shape index (κ2) is 7.03. The van der Waals surface area contributed by atoms with Gasteiger partial charge in [-0.15, -0.1) is 12.3 Å². The van der Waals surface area contributed by atoms with E-state index in [9.17, 15) is 0 Å². The van der Waals surface area contributed by atoms with Gasteiger partial charge < -0.3 is 4.74 Å². The van der Waals surface area contributed by atoms with E-state index in [0.717, 1.165) is 38.0 Å². The Labute approximate surface area is 86.1 Å². The van der Waals surface area contributed by atoms with Crippen molar-refractivity contribution >= 4 is 0 Å². The predicted octanol–water partition coefficient (Wildman–Crippen LogP) is 3.06. The minimum absolute atomic E-state index is 0.766. The van der Waals surface area contributed by atoms with E-state index >= 15 is 0 Å². The monoisotopic (exact) mass is 187 g/mol. The van der Waals surface area contributed by atoms with Gasteiger partial charge in [-0.05, 0) is 37.5 Å². The molecule has 0 aromatic heterocycles. The zero-order chi connectivity index (χ0) is 10.1. The molecule has 0 unspecified atom stereocenters. The van der Waals surface area contributed by atoms with E-state index in [-0.39, 0.29) is 0 Å². The van der Waals surface area contributed by atoms with Gasteiger partial charge in [0.2, 0.25) is 0 Å². The summed E-state index contributed by atoms with van der Waals surface area (Å²) in [6.07, 6.45) is 9.33. The molecule has 1 rings (SSSR count). The molecule has 0 heterocycles. The first-order valence-electron chi connectivity index (χ1n) is 4.96. The fourth-order valence-corrected chi connectivity index (χ4v) is 1.16. The summed E-state index contributed by atoms with van der Waals surface area (Å²) in [5.41, 5.74) is 0. The van der Waals surface area contributed by atoms with Crippen molar-refractivity contribution in [3.63, 3.8) is 0 Å². The third kappa shape index (κ3) is 4.57. The van der Waals surface area contributed by atoms with Crippen LogP contribution in [0.3, 0.4) is 0 Å². The van der Waals surface area contributed by atoms with Crippen molar-refractivity contribution in [1.82, 2.24) is 0 Å². The first-order chi connectivity index (χ1) is 6.93. The SMILES string of the molecule is C#CCCCCCOc1c[c]ccc1. The van der Waals surface area contributed by atoms with Gasteiger partial charge in [-0.25, -0.2) is 0 Å². The predicted molar refractivity (Wildman–Crippen MR) is 58.1 cm³/mol. The molecule has 0 aliphatic carbocycles. The summed E-state index contributed by atoms with van der Waals surface area (Å²) < 4.78 is 5.50. The van der Waals surface area contributed by atoms with Crippen molar-refractivity contribution in [3.8, 4) is 18.1 Å². The third-order valence-corrected chi connectivity index (χ3v) is 1.91. The number of benzene rings is 1. The number of ether oxygens (including phenoxy) is 1. The second-order valence-corrected chi connectivity index (χ2v) is 3.10. The Morgan fingerprint density at radius 2 is 2.29 bits per heavy atom. The van der Waals surface area contributed by atoms with Crippen molar-refractivity contribution in [2.75, 3.05) is 6.61 Å². The van der Waals surface area contributed by atoms with E-state index in [0.29, 0.717) is 0 Å². The van der Waals surface area contributed by atoms with Crippen molar-refractivity contribution < 1.29 is 4.74 Å². The van der Waals surface area contributed by atoms with Crippen molar-refractivity contribution in [2.45, 2.75) is 25.7 Å². The molecule has 0 saturated heterocycles. The quantitative estimate of drug-likeness (QED) is 0.491. The van der Waals surface area contributed by atoms with Crippen LogP contribution in [0.2, 0.25) is 0 Å². The lowest BCUT2D eigenvalue weighted by atomic mass is 10.2. The molecular formula is C13H15O. The van der Waals surface area contributed by atoms with Crippen LogP contribution >= 0.6 is 0 Å². The Bertz CT molecular complexity index is 271. The molecule has 1 nitrogen and oxygen atoms in total. The van der Waals surface area contributed by atoms with Crippen LogP contribution in [0.25, 0.3) is 0 Å². The van der Waals surface area contributed by atoms with Crippen LogP contribution in [-0.2, 0) is 0 Å². The molecule has 0 saturated carbocycles. The van der Waals surface area contributed by atoms with Crippen LogP contribution in [0.4, 0.5) is 0 Å². The summed E-state index contributed by atoms with van der Waals surface area (Å²) >= 11 is 0. The second-order valence-electron chi connectivity index (χ2n) is 3.10. The lowest BCUT2D eigenvalue weighted by Gasteiger charge is -2.04. The number of rotatable bonds is 6. The van der Waals surface area contributed by atoms with Crippen LogP contribution in [0.1, 0.15) is 25.7 Å². The number of hydrogen-bond donors (Lipinski definition) is 0. The van der Waals surface area contributed by atoms with E-state index in [2.05, 4.69) is 12.0 Å². The maximum atomic E-state index is 5.50. The van der Waals surface area contributed by atoms with E-state index in [4.69, 9.17) is 11.2 Å². The van der Waals surface area contributed by atoms with Gasteiger partial charge in [-0.2, -0.15) is 0 Å². The first kappa shape index (κ1) is 10.7. The van der Waals surface area contributed by atoms with Crippen LogP contribution in [0.5, 0.6) is 5.75 Å². The fraction of sp³-hybridized carbons (Fsp3) is 0.385. The molecule has 1 heteroatoms. The molecule has 0 amide bonds. The molecule has 0 aliphatic heterocycles. The van der Waals surface area contributed by atoms with E-state index in [1.807, 2.05) is 24.3 Å². The summed E-state index contributed by atoms with van der Waals surface area (Å²) in [6.45, 7) is 0.766. The summed E-state index contributed by atoms with van der Waals surface area (Å²) in [7, 11) is 0. The molecule has 0 aliphatic rings. The molecular weight excluding hydrogens is 172 g/mol. The molecule has 0 spiro atoms. The molecule has 0 bridgehead atoms. The van der Waals surface area contributed by atoms with Gasteiger partial charge in [-0.3, -0.25) is 0 Å². The molecule has 0 fully saturated rings. The number of terminal acetylenes is 1. The Balaban J connectivity index is 2.03. The summed E-state index contributed by atoms with van der Waals surface area (Å²) in [5, 5.41) is 0. The highest BCUT2D eigenvalue weighted by Crippen LogP contribution is 2.09. The normalized spacial score (nSPS) is 9.36. The van der Waals surface area contributed by atoms with Gasteiger partial charge in [-0.1, -0.05) is 12.1 Å². The lowest BCUT2D eigenvalue weighted by molar-refractivity contribution is 0.305. The van der Waals surface area contributed by atoms with Gasteiger partial charge >= 0.3 is 0 Å². The molecule has 14 heavy (non-hydrogen) atoms. The molecule has 1 aromatic carbocycles. The number of unbranched alkanes of at least 4 members (excludes halogenated alkanes) is 3. The minimum Gasteiger partial charge on any atom is -0.494 e. The maximum absolute atomic E-state index is 5.50. The van der Waals surface area contributed by atoms with Gasteiger partial charge in [0.05, 0.1) is 6.61 Å². The van der Waals surface area contributed by atoms with E-state index in [1.54, 1.807) is 0 Å². The first-order valence-corrected chi connectivity index (χ1v) is 4.96. The van der Waals surface area contributed by atoms with Crippen molar-refractivity contribution in [2.24, 2.45) is 0 Å². The molecule has 0 atom stereocenters. The fourth-order valence-electron chi connectivity index (χ4n) is 1.16. The van der Waals surface area contributed by atoms with E-state index < -0.39 is 0 Å². The highest BCUT2D eigenvalue weighted by molar-refractivity contribution is 5.19. The summed E-state index contributed by atoms with van der Waals surface area (Å²) in [5.74, 6) is 3.52. The highest BCUT2D eigenvalue weighted by atomic mass is 16.5. The van der Waals surface area contributed by atoms with Crippen molar-refractivity contribution in [3.05, 3.63) is 30.3 Å². The van der Waals surface area contributed by atoms with Gasteiger partial charge in [0.15, 0.2) is 0 Å². The van der Waals surface area contributed by atoms with Gasteiger partial charge in [0, 0.05) is 6.42 Å². The standard InChI is InChI=1S/C13H15O/c1-2-3-4-5-9-12-14-13-10-7-6-8-11-13/h1,6-7,10-11H,3-5,9,12H2. The largest absolute Gasteiger partial charge is 0.494 e. The van der Waals surface area contributed by atoms with Crippen LogP contribution in [0.15, 0.2) is 24.3 Å². The Morgan fingerprint density at radius 3 is 3.00 bits per heavy atom. The van der Waals surface area contributed by atoms with Crippen LogP contribution in [-0.4, -0.2) is 6.61 Å². The smallest absolute Gasteiger partial charge is 0.119 e. The van der Waals surface area contributed by atoms with Crippen LogP contribution in [0, 0.1) is 18.4 Å². The average Bonchev–Trinajstić information content (AvgIpc) is 2.25. The zero-order valence-electron chi connectivity index (χ0n) is 8.33. The third-order valence-electron chi connectivity index (χ3n) is 1.91. The van der Waals surface area contributed by atoms with Gasteiger partial charge in [0.1, 0.15) is 5.75 Å². The molecule has 1 aromatic rings. The van der Waals surface area contributed by atoms with Gasteiger partial charge in [0.25, 0.3) is 0 Å². The Morgan fingerprint density at radius 1 is 1.36 bits per heavy atom. The molecule has 73 valence electrons. The zero-order valence-corrected chi connectivity index (χ0v) is 8.33. The van der Waals surface area contributed by atoms with E-state index in [1.165, 1.54) is 0 Å². The maximum Gasteiger partial charge on any atom is 0.119 e. The Kier molecular flexibility index (Phi) is 5.35. The summed E-state index contributed by atoms with van der Waals surface area (Å²) in [6, 6.07) is 10.5. The lowest BCUT2D eigenvalue weighted by Crippen LogP contribution is -1.96. The highest BCUT2D eigenvalue weighted by Gasteiger charge is 1.91. The van der Waals surface area contributed by atoms with Crippen LogP contribution < -0.4 is 4.74 Å². The minimum atomic E-state index is 0.766. The average molecular weight is 187 g/mol.